The molecule has 0 heterocycles. The number of aliphatic hydroxyl groups is 1. The largest absolute Gasteiger partial charge is 0.459 e. The zero-order valence-corrected chi connectivity index (χ0v) is 13.4. The number of rotatable bonds is 7. The number of carbonyl (C=O) groups is 2. The van der Waals surface area contributed by atoms with Gasteiger partial charge in [-0.15, -0.1) is 0 Å². The molecule has 2 aromatic carbocycles. The molecule has 0 saturated heterocycles. The summed E-state index contributed by atoms with van der Waals surface area (Å²) in [5.74, 6) is -3.02. The van der Waals surface area contributed by atoms with Gasteiger partial charge in [-0.2, -0.15) is 0 Å². The first kappa shape index (κ1) is 19.0. The van der Waals surface area contributed by atoms with E-state index in [2.05, 4.69) is 5.32 Å². The van der Waals surface area contributed by atoms with Gasteiger partial charge in [0.15, 0.2) is 6.04 Å². The van der Waals surface area contributed by atoms with Crippen molar-refractivity contribution in [1.82, 2.24) is 5.32 Å². The average molecular weight is 362 g/mol. The summed E-state index contributed by atoms with van der Waals surface area (Å²) >= 11 is 0. The number of halogens is 1. The molecule has 0 bridgehead atoms. The normalized spacial score (nSPS) is 11.5. The Kier molecular flexibility index (Phi) is 6.34. The number of nitro benzene ring substituents is 1. The van der Waals surface area contributed by atoms with E-state index in [4.69, 9.17) is 4.74 Å². The SMILES string of the molecule is O=C(N[C@@H](CO)C(=O)OCc1ccccc1)c1ccc([N+](=O)[O-])cc1F. The van der Waals surface area contributed by atoms with Crippen LogP contribution >= 0.6 is 0 Å². The summed E-state index contributed by atoms with van der Waals surface area (Å²) in [6.45, 7) is -0.814. The van der Waals surface area contributed by atoms with Gasteiger partial charge in [0.1, 0.15) is 12.4 Å². The fourth-order valence-electron chi connectivity index (χ4n) is 2.05. The summed E-state index contributed by atoms with van der Waals surface area (Å²) in [6.07, 6.45) is 0. The maximum Gasteiger partial charge on any atom is 0.331 e. The van der Waals surface area contributed by atoms with Crippen molar-refractivity contribution >= 4 is 17.6 Å². The number of esters is 1. The van der Waals surface area contributed by atoms with E-state index in [1.54, 1.807) is 30.3 Å². The minimum atomic E-state index is -1.40. The van der Waals surface area contributed by atoms with Crippen LogP contribution in [0.4, 0.5) is 10.1 Å². The molecule has 0 unspecified atom stereocenters. The molecule has 0 aliphatic carbocycles. The Labute approximate surface area is 147 Å². The standard InChI is InChI=1S/C17H15FN2O6/c18-14-8-12(20(24)25)6-7-13(14)16(22)19-15(9-21)17(23)26-10-11-4-2-1-3-5-11/h1-8,15,21H,9-10H2,(H,19,22)/t15-/m0/s1. The first-order chi connectivity index (χ1) is 12.4. The number of aliphatic hydroxyl groups excluding tert-OH is 1. The Morgan fingerprint density at radius 1 is 1.23 bits per heavy atom. The average Bonchev–Trinajstić information content (AvgIpc) is 2.64. The molecule has 9 heteroatoms. The van der Waals surface area contributed by atoms with Crippen LogP contribution in [0.15, 0.2) is 48.5 Å². The molecule has 2 rings (SSSR count). The van der Waals surface area contributed by atoms with Crippen LogP contribution in [0.25, 0.3) is 0 Å². The summed E-state index contributed by atoms with van der Waals surface area (Å²) in [6, 6.07) is 9.83. The summed E-state index contributed by atoms with van der Waals surface area (Å²) in [4.78, 5) is 33.8. The number of benzene rings is 2. The van der Waals surface area contributed by atoms with Gasteiger partial charge < -0.3 is 15.2 Å². The molecular weight excluding hydrogens is 347 g/mol. The van der Waals surface area contributed by atoms with Crippen LogP contribution in [0.2, 0.25) is 0 Å². The highest BCUT2D eigenvalue weighted by molar-refractivity contribution is 5.97. The second-order valence-electron chi connectivity index (χ2n) is 5.22. The number of ether oxygens (including phenoxy) is 1. The maximum absolute atomic E-state index is 13.8. The van der Waals surface area contributed by atoms with Gasteiger partial charge in [0, 0.05) is 6.07 Å². The lowest BCUT2D eigenvalue weighted by molar-refractivity contribution is -0.385. The van der Waals surface area contributed by atoms with Crippen molar-refractivity contribution < 1.29 is 28.7 Å². The third-order valence-corrected chi connectivity index (χ3v) is 3.40. The molecule has 0 radical (unpaired) electrons. The number of nitrogens with zero attached hydrogens (tertiary/aromatic N) is 1. The smallest absolute Gasteiger partial charge is 0.331 e. The fraction of sp³-hybridized carbons (Fsp3) is 0.176. The fourth-order valence-corrected chi connectivity index (χ4v) is 2.05. The topological polar surface area (TPSA) is 119 Å². The minimum Gasteiger partial charge on any atom is -0.459 e. The predicted octanol–water partition coefficient (Wildman–Crippen LogP) is 1.57. The van der Waals surface area contributed by atoms with Crippen LogP contribution in [0, 0.1) is 15.9 Å². The Hall–Kier alpha value is -3.33. The summed E-state index contributed by atoms with van der Waals surface area (Å²) in [5, 5.41) is 22.0. The Morgan fingerprint density at radius 3 is 2.50 bits per heavy atom. The second kappa shape index (κ2) is 8.67. The van der Waals surface area contributed by atoms with Crippen LogP contribution in [0.1, 0.15) is 15.9 Å². The van der Waals surface area contributed by atoms with Crippen LogP contribution in [0.3, 0.4) is 0 Å². The second-order valence-corrected chi connectivity index (χ2v) is 5.22. The van der Waals surface area contributed by atoms with E-state index in [0.717, 1.165) is 12.1 Å². The van der Waals surface area contributed by atoms with Crippen molar-refractivity contribution in [2.45, 2.75) is 12.6 Å². The molecule has 8 nitrogen and oxygen atoms in total. The van der Waals surface area contributed by atoms with E-state index in [0.29, 0.717) is 11.6 Å². The van der Waals surface area contributed by atoms with Crippen molar-refractivity contribution in [3.8, 4) is 0 Å². The van der Waals surface area contributed by atoms with Gasteiger partial charge in [-0.3, -0.25) is 14.9 Å². The van der Waals surface area contributed by atoms with Crippen LogP contribution < -0.4 is 5.32 Å². The molecule has 2 N–H and O–H groups in total. The number of carbonyl (C=O) groups excluding carboxylic acids is 2. The Balaban J connectivity index is 2.01. The number of nitrogens with one attached hydrogen (secondary N) is 1. The van der Waals surface area contributed by atoms with E-state index in [-0.39, 0.29) is 6.61 Å². The lowest BCUT2D eigenvalue weighted by Gasteiger charge is -2.15. The number of nitro groups is 1. The molecule has 0 aliphatic heterocycles. The van der Waals surface area contributed by atoms with E-state index in [1.807, 2.05) is 0 Å². The van der Waals surface area contributed by atoms with Crippen LogP contribution in [-0.2, 0) is 16.1 Å². The van der Waals surface area contributed by atoms with E-state index >= 15 is 0 Å². The highest BCUT2D eigenvalue weighted by Crippen LogP contribution is 2.16. The zero-order chi connectivity index (χ0) is 19.1. The number of non-ortho nitro benzene ring substituents is 1. The first-order valence-corrected chi connectivity index (χ1v) is 7.48. The van der Waals surface area contributed by atoms with Gasteiger partial charge >= 0.3 is 5.97 Å². The molecule has 1 amide bonds. The highest BCUT2D eigenvalue weighted by atomic mass is 19.1. The number of hydrogen-bond acceptors (Lipinski definition) is 6. The highest BCUT2D eigenvalue weighted by Gasteiger charge is 2.24. The van der Waals surface area contributed by atoms with E-state index in [1.165, 1.54) is 0 Å². The van der Waals surface area contributed by atoms with Gasteiger partial charge in [0.05, 0.1) is 23.2 Å². The first-order valence-electron chi connectivity index (χ1n) is 7.48. The molecule has 0 spiro atoms. The quantitative estimate of drug-likeness (QED) is 0.438. The van der Waals surface area contributed by atoms with Gasteiger partial charge in [-0.25, -0.2) is 9.18 Å². The zero-order valence-electron chi connectivity index (χ0n) is 13.4. The predicted molar refractivity (Wildman–Crippen MR) is 87.6 cm³/mol. The summed E-state index contributed by atoms with van der Waals surface area (Å²) in [7, 11) is 0. The lowest BCUT2D eigenvalue weighted by Crippen LogP contribution is -2.44. The molecule has 26 heavy (non-hydrogen) atoms. The van der Waals surface area contributed by atoms with Gasteiger partial charge in [0.2, 0.25) is 0 Å². The molecule has 0 aliphatic rings. The van der Waals surface area contributed by atoms with Gasteiger partial charge in [-0.05, 0) is 11.6 Å². The molecule has 0 fully saturated rings. The molecule has 2 aromatic rings. The van der Waals surface area contributed by atoms with Crippen molar-refractivity contribution in [2.24, 2.45) is 0 Å². The minimum absolute atomic E-state index is 0.0576. The van der Waals surface area contributed by atoms with Gasteiger partial charge in [0.25, 0.3) is 11.6 Å². The van der Waals surface area contributed by atoms with Gasteiger partial charge in [-0.1, -0.05) is 30.3 Å². The lowest BCUT2D eigenvalue weighted by atomic mass is 10.1. The Morgan fingerprint density at radius 2 is 1.92 bits per heavy atom. The molecule has 136 valence electrons. The third-order valence-electron chi connectivity index (χ3n) is 3.40. The van der Waals surface area contributed by atoms with Crippen molar-refractivity contribution in [1.29, 1.82) is 0 Å². The molecule has 0 saturated carbocycles. The monoisotopic (exact) mass is 362 g/mol. The molecular formula is C17H15FN2O6. The number of amides is 1. The van der Waals surface area contributed by atoms with Crippen molar-refractivity contribution in [2.75, 3.05) is 6.61 Å². The summed E-state index contributed by atoms with van der Waals surface area (Å²) in [5.41, 5.74) is -0.296. The third kappa shape index (κ3) is 4.84. The van der Waals surface area contributed by atoms with Crippen LogP contribution in [0.5, 0.6) is 0 Å². The maximum atomic E-state index is 13.8. The van der Waals surface area contributed by atoms with E-state index < -0.39 is 46.5 Å². The van der Waals surface area contributed by atoms with Crippen molar-refractivity contribution in [3.05, 3.63) is 75.6 Å². The number of hydrogen-bond donors (Lipinski definition) is 2. The van der Waals surface area contributed by atoms with Crippen LogP contribution in [-0.4, -0.2) is 34.6 Å². The summed E-state index contributed by atoms with van der Waals surface area (Å²) < 4.78 is 18.8. The molecule has 1 atom stereocenters. The molecule has 0 aromatic heterocycles. The Bertz CT molecular complexity index is 812. The van der Waals surface area contributed by atoms with Crippen molar-refractivity contribution in [3.63, 3.8) is 0 Å². The van der Waals surface area contributed by atoms with E-state index in [9.17, 15) is 29.2 Å².